The fourth-order valence-electron chi connectivity index (χ4n) is 2.48. The summed E-state index contributed by atoms with van der Waals surface area (Å²) in [5.74, 6) is 0. The van der Waals surface area contributed by atoms with Crippen LogP contribution in [0.5, 0.6) is 0 Å². The average Bonchev–Trinajstić information content (AvgIpc) is 3.17. The minimum absolute atomic E-state index is 0.207. The molecule has 0 aromatic carbocycles. The molecule has 1 aliphatic rings. The molecule has 130 valence electrons. The number of rotatable bonds is 5. The Labute approximate surface area is 140 Å². The first-order chi connectivity index (χ1) is 11.0. The maximum atomic E-state index is 13.6. The zero-order valence-corrected chi connectivity index (χ0v) is 14.7. The highest BCUT2D eigenvalue weighted by molar-refractivity contribution is 7.17. The second-order valence-electron chi connectivity index (χ2n) is 6.92. The van der Waals surface area contributed by atoms with Gasteiger partial charge in [0.05, 0.1) is 17.9 Å². The molecule has 2 aromatic heterocycles. The van der Waals surface area contributed by atoms with Crippen molar-refractivity contribution in [2.75, 3.05) is 0 Å². The zero-order chi connectivity index (χ0) is 17.7. The summed E-state index contributed by atoms with van der Waals surface area (Å²) in [5.41, 5.74) is 2.06. The van der Waals surface area contributed by atoms with Crippen molar-refractivity contribution in [3.63, 3.8) is 0 Å². The Hall–Kier alpha value is -1.66. The van der Waals surface area contributed by atoms with Gasteiger partial charge in [-0.3, -0.25) is 9.25 Å². The van der Waals surface area contributed by atoms with Crippen LogP contribution in [0.15, 0.2) is 23.1 Å². The van der Waals surface area contributed by atoms with Crippen molar-refractivity contribution in [2.45, 2.75) is 50.5 Å². The monoisotopic (exact) mass is 355 g/mol. The van der Waals surface area contributed by atoms with Crippen LogP contribution >= 0.6 is 9.24 Å². The Bertz CT molecular complexity index is 814. The lowest BCUT2D eigenvalue weighted by atomic mass is 10.1. The molecule has 9 heteroatoms. The topological polar surface area (TPSA) is 78.7 Å². The van der Waals surface area contributed by atoms with Crippen LogP contribution in [0.4, 0.5) is 8.78 Å². The van der Waals surface area contributed by atoms with Gasteiger partial charge in [-0.25, -0.2) is 4.79 Å². The summed E-state index contributed by atoms with van der Waals surface area (Å²) in [6, 6.07) is 3.11. The van der Waals surface area contributed by atoms with E-state index in [0.717, 1.165) is 12.8 Å². The molecule has 0 amide bonds. The lowest BCUT2D eigenvalue weighted by Crippen LogP contribution is -2.37. The summed E-state index contributed by atoms with van der Waals surface area (Å²) in [6.07, 6.45) is 3.58. The SMILES string of the molecule is CC(C)(N)Cn1nc(C(F)(F)P)cc1-c1ccn(C2CC2)c(=O)n1. The van der Waals surface area contributed by atoms with E-state index in [1.54, 1.807) is 30.7 Å². The van der Waals surface area contributed by atoms with Crippen molar-refractivity contribution < 1.29 is 8.78 Å². The summed E-state index contributed by atoms with van der Waals surface area (Å²) in [6.45, 7) is 3.77. The van der Waals surface area contributed by atoms with Crippen LogP contribution in [0.1, 0.15) is 38.4 Å². The van der Waals surface area contributed by atoms with E-state index < -0.39 is 16.9 Å². The molecule has 0 bridgehead atoms. The van der Waals surface area contributed by atoms with E-state index in [1.807, 2.05) is 0 Å². The second kappa shape index (κ2) is 5.70. The number of hydrogen-bond acceptors (Lipinski definition) is 4. The first-order valence-corrected chi connectivity index (χ1v) is 8.26. The Morgan fingerprint density at radius 3 is 2.58 bits per heavy atom. The summed E-state index contributed by atoms with van der Waals surface area (Å²) in [7, 11) is 1.47. The van der Waals surface area contributed by atoms with Gasteiger partial charge >= 0.3 is 11.4 Å². The van der Waals surface area contributed by atoms with Gasteiger partial charge in [0.2, 0.25) is 0 Å². The summed E-state index contributed by atoms with van der Waals surface area (Å²) in [4.78, 5) is 16.2. The molecule has 2 N–H and O–H groups in total. The molecule has 1 fully saturated rings. The van der Waals surface area contributed by atoms with Crippen LogP contribution in [0.25, 0.3) is 11.4 Å². The van der Waals surface area contributed by atoms with Crippen LogP contribution in [-0.2, 0) is 12.2 Å². The van der Waals surface area contributed by atoms with Crippen molar-refractivity contribution >= 4 is 9.24 Å². The molecule has 3 rings (SSSR count). The van der Waals surface area contributed by atoms with Crippen molar-refractivity contribution in [1.29, 1.82) is 0 Å². The largest absolute Gasteiger partial charge is 0.348 e. The maximum absolute atomic E-state index is 13.6. The normalized spacial score (nSPS) is 15.8. The number of halogens is 2. The van der Waals surface area contributed by atoms with Crippen molar-refractivity contribution in [3.8, 4) is 11.4 Å². The molecule has 2 aromatic rings. The van der Waals surface area contributed by atoms with Gasteiger partial charge in [-0.15, -0.1) is 0 Å². The molecule has 1 saturated carbocycles. The van der Waals surface area contributed by atoms with Crippen LogP contribution in [0.3, 0.4) is 0 Å². The summed E-state index contributed by atoms with van der Waals surface area (Å²) >= 11 is 0. The van der Waals surface area contributed by atoms with Gasteiger partial charge in [0.25, 0.3) is 0 Å². The van der Waals surface area contributed by atoms with Gasteiger partial charge in [0, 0.05) is 17.8 Å². The molecule has 0 aliphatic heterocycles. The number of hydrogen-bond donors (Lipinski definition) is 1. The third-order valence-corrected chi connectivity index (χ3v) is 4.01. The predicted molar refractivity (Wildman–Crippen MR) is 89.9 cm³/mol. The van der Waals surface area contributed by atoms with Gasteiger partial charge in [0.15, 0.2) is 0 Å². The highest BCUT2D eigenvalue weighted by Gasteiger charge is 2.31. The number of nitrogens with zero attached hydrogens (tertiary/aromatic N) is 4. The molecule has 0 saturated heterocycles. The van der Waals surface area contributed by atoms with E-state index in [2.05, 4.69) is 10.1 Å². The standard InChI is InChI=1S/C15H20F2N5OP/c1-14(2,18)8-22-11(7-12(20-22)15(16,17)24)10-5-6-21(9-3-4-9)13(23)19-10/h5-7,9H,3-4,8,18,24H2,1-2H3. The smallest absolute Gasteiger partial charge is 0.324 e. The third kappa shape index (κ3) is 3.70. The molecule has 0 spiro atoms. The molecule has 24 heavy (non-hydrogen) atoms. The first kappa shape index (κ1) is 17.2. The fourth-order valence-corrected chi connectivity index (χ4v) is 2.62. The molecule has 6 nitrogen and oxygen atoms in total. The minimum atomic E-state index is -3.16. The maximum Gasteiger partial charge on any atom is 0.348 e. The first-order valence-electron chi connectivity index (χ1n) is 7.68. The molecule has 1 aliphatic carbocycles. The van der Waals surface area contributed by atoms with E-state index in [1.165, 1.54) is 20.0 Å². The predicted octanol–water partition coefficient (Wildman–Crippen LogP) is 2.10. The molecular formula is C15H20F2N5OP. The molecular weight excluding hydrogens is 335 g/mol. The lowest BCUT2D eigenvalue weighted by molar-refractivity contribution is 0.0974. The molecule has 2 heterocycles. The Balaban J connectivity index is 2.06. The lowest BCUT2D eigenvalue weighted by Gasteiger charge is -2.20. The fraction of sp³-hybridized carbons (Fsp3) is 0.533. The van der Waals surface area contributed by atoms with E-state index in [0.29, 0.717) is 11.4 Å². The Morgan fingerprint density at radius 1 is 1.42 bits per heavy atom. The second-order valence-corrected chi connectivity index (χ2v) is 7.64. The quantitative estimate of drug-likeness (QED) is 0.833. The summed E-state index contributed by atoms with van der Waals surface area (Å²) < 4.78 is 30.2. The molecule has 1 unspecified atom stereocenters. The van der Waals surface area contributed by atoms with E-state index >= 15 is 0 Å². The number of alkyl halides is 2. The summed E-state index contributed by atoms with van der Waals surface area (Å²) in [5, 5.41) is 3.96. The minimum Gasteiger partial charge on any atom is -0.324 e. The van der Waals surface area contributed by atoms with Gasteiger partial charge < -0.3 is 5.73 Å². The van der Waals surface area contributed by atoms with Gasteiger partial charge in [-0.2, -0.15) is 18.9 Å². The van der Waals surface area contributed by atoms with Crippen LogP contribution < -0.4 is 11.4 Å². The van der Waals surface area contributed by atoms with Crippen molar-refractivity contribution in [3.05, 3.63) is 34.5 Å². The van der Waals surface area contributed by atoms with Crippen LogP contribution in [-0.4, -0.2) is 24.9 Å². The number of nitrogens with two attached hydrogens (primary N) is 1. The Kier molecular flexibility index (Phi) is 4.08. The van der Waals surface area contributed by atoms with Gasteiger partial charge in [0.1, 0.15) is 5.69 Å². The van der Waals surface area contributed by atoms with Gasteiger partial charge in [-0.05, 0) is 38.8 Å². The van der Waals surface area contributed by atoms with Crippen molar-refractivity contribution in [1.82, 2.24) is 19.3 Å². The zero-order valence-electron chi connectivity index (χ0n) is 13.5. The van der Waals surface area contributed by atoms with Crippen LogP contribution in [0, 0.1) is 0 Å². The van der Waals surface area contributed by atoms with E-state index in [9.17, 15) is 13.6 Å². The molecule has 1 atom stereocenters. The average molecular weight is 355 g/mol. The van der Waals surface area contributed by atoms with E-state index in [-0.39, 0.29) is 18.3 Å². The van der Waals surface area contributed by atoms with E-state index in [4.69, 9.17) is 5.73 Å². The Morgan fingerprint density at radius 2 is 2.08 bits per heavy atom. The number of aromatic nitrogens is 4. The van der Waals surface area contributed by atoms with Gasteiger partial charge in [-0.1, -0.05) is 9.24 Å². The highest BCUT2D eigenvalue weighted by atomic mass is 31.0. The third-order valence-electron chi connectivity index (χ3n) is 3.71. The highest BCUT2D eigenvalue weighted by Crippen LogP contribution is 2.36. The van der Waals surface area contributed by atoms with Crippen molar-refractivity contribution in [2.24, 2.45) is 5.73 Å². The molecule has 0 radical (unpaired) electrons. The van der Waals surface area contributed by atoms with Crippen LogP contribution in [0.2, 0.25) is 0 Å².